The molecule has 0 aliphatic carbocycles. The highest BCUT2D eigenvalue weighted by Crippen LogP contribution is 2.02. The van der Waals surface area contributed by atoms with Crippen LogP contribution in [-0.2, 0) is 13.1 Å². The van der Waals surface area contributed by atoms with Gasteiger partial charge >= 0.3 is 5.97 Å². The molecule has 100 valence electrons. The average molecular weight is 261 g/mol. The number of carbonyl (C=O) groups is 1. The van der Waals surface area contributed by atoms with Crippen molar-refractivity contribution >= 4 is 5.97 Å². The maximum Gasteiger partial charge on any atom is 0.341 e. The summed E-state index contributed by atoms with van der Waals surface area (Å²) < 4.78 is 3.54. The minimum atomic E-state index is -1.20. The Morgan fingerprint density at radius 2 is 2.05 bits per heavy atom. The molecule has 19 heavy (non-hydrogen) atoms. The van der Waals surface area contributed by atoms with Gasteiger partial charge in [0.1, 0.15) is 5.56 Å². The second-order valence-corrected chi connectivity index (χ2v) is 4.47. The van der Waals surface area contributed by atoms with Crippen LogP contribution in [0.2, 0.25) is 0 Å². The number of nitrogens with zero attached hydrogens (tertiary/aromatic N) is 3. The summed E-state index contributed by atoms with van der Waals surface area (Å²) in [5.41, 5.74) is 1.14. The largest absolute Gasteiger partial charge is 0.477 e. The third-order valence-electron chi connectivity index (χ3n) is 2.91. The number of pyridine rings is 1. The molecule has 0 amide bonds. The molecule has 0 spiro atoms. The predicted octanol–water partition coefficient (Wildman–Crippen LogP) is 1.06. The van der Waals surface area contributed by atoms with Crippen LogP contribution < -0.4 is 5.43 Å². The van der Waals surface area contributed by atoms with Gasteiger partial charge in [0.05, 0.1) is 12.7 Å². The number of aryl methyl sites for hydroxylation is 4. The molecule has 0 saturated heterocycles. The highest BCUT2D eigenvalue weighted by molar-refractivity contribution is 5.87. The Kier molecular flexibility index (Phi) is 3.50. The molecule has 1 N–H and O–H groups in total. The van der Waals surface area contributed by atoms with Gasteiger partial charge in [0, 0.05) is 30.7 Å². The second-order valence-electron chi connectivity index (χ2n) is 4.47. The third kappa shape index (κ3) is 2.90. The fraction of sp³-hybridized carbons (Fsp3) is 0.308. The normalized spacial score (nSPS) is 10.6. The third-order valence-corrected chi connectivity index (χ3v) is 2.91. The van der Waals surface area contributed by atoms with Gasteiger partial charge in [0.15, 0.2) is 5.43 Å². The lowest BCUT2D eigenvalue weighted by Gasteiger charge is -2.11. The van der Waals surface area contributed by atoms with Gasteiger partial charge in [-0.3, -0.25) is 9.48 Å². The molecule has 0 fully saturated rings. The summed E-state index contributed by atoms with van der Waals surface area (Å²) in [7, 11) is 0. The summed E-state index contributed by atoms with van der Waals surface area (Å²) in [6.45, 7) is 4.92. The molecule has 0 bridgehead atoms. The minimum absolute atomic E-state index is 0.206. The van der Waals surface area contributed by atoms with Crippen molar-refractivity contribution in [3.05, 3.63) is 51.7 Å². The Morgan fingerprint density at radius 1 is 1.32 bits per heavy atom. The summed E-state index contributed by atoms with van der Waals surface area (Å²) in [5, 5.41) is 13.1. The van der Waals surface area contributed by atoms with E-state index in [1.807, 2.05) is 13.1 Å². The smallest absolute Gasteiger partial charge is 0.341 e. The highest BCUT2D eigenvalue weighted by Gasteiger charge is 2.10. The molecule has 0 aromatic carbocycles. The van der Waals surface area contributed by atoms with Gasteiger partial charge in [0.25, 0.3) is 0 Å². The average Bonchev–Trinajstić information content (AvgIpc) is 2.73. The van der Waals surface area contributed by atoms with E-state index in [9.17, 15) is 9.59 Å². The van der Waals surface area contributed by atoms with Gasteiger partial charge in [-0.2, -0.15) is 5.10 Å². The number of hydrogen-bond acceptors (Lipinski definition) is 3. The first-order valence-electron chi connectivity index (χ1n) is 5.91. The van der Waals surface area contributed by atoms with Gasteiger partial charge in [-0.1, -0.05) is 0 Å². The van der Waals surface area contributed by atoms with E-state index in [2.05, 4.69) is 5.10 Å². The first-order valence-corrected chi connectivity index (χ1v) is 5.91. The van der Waals surface area contributed by atoms with Crippen LogP contribution in [0.15, 0.2) is 29.5 Å². The number of carboxylic acids is 1. The van der Waals surface area contributed by atoms with Crippen LogP contribution in [-0.4, -0.2) is 25.4 Å². The van der Waals surface area contributed by atoms with E-state index in [0.29, 0.717) is 13.1 Å². The van der Waals surface area contributed by atoms with Crippen molar-refractivity contribution in [3.63, 3.8) is 0 Å². The van der Waals surface area contributed by atoms with Crippen LogP contribution in [0.5, 0.6) is 0 Å². The highest BCUT2D eigenvalue weighted by atomic mass is 16.4. The van der Waals surface area contributed by atoms with Gasteiger partial charge in [0.2, 0.25) is 0 Å². The Hall–Kier alpha value is -2.37. The van der Waals surface area contributed by atoms with Crippen molar-refractivity contribution in [2.45, 2.75) is 26.9 Å². The van der Waals surface area contributed by atoms with E-state index in [1.54, 1.807) is 22.4 Å². The topological polar surface area (TPSA) is 77.1 Å². The zero-order valence-corrected chi connectivity index (χ0v) is 10.8. The molecule has 0 aliphatic heterocycles. The molecule has 0 saturated carbocycles. The van der Waals surface area contributed by atoms with Crippen molar-refractivity contribution in [1.82, 2.24) is 14.3 Å². The standard InChI is InChI=1S/C13H15N3O3/c1-9-6-14-16(7-9)4-3-15-8-11(13(18)19)12(17)5-10(15)2/h5-8H,3-4H2,1-2H3,(H,18,19). The number of aromatic nitrogens is 3. The van der Waals surface area contributed by atoms with Crippen LogP contribution in [0.25, 0.3) is 0 Å². The van der Waals surface area contributed by atoms with Crippen LogP contribution >= 0.6 is 0 Å². The fourth-order valence-electron chi connectivity index (χ4n) is 1.87. The molecular formula is C13H15N3O3. The molecule has 0 atom stereocenters. The van der Waals surface area contributed by atoms with Crippen molar-refractivity contribution < 1.29 is 9.90 Å². The number of aromatic carboxylic acids is 1. The van der Waals surface area contributed by atoms with Crippen LogP contribution in [0.1, 0.15) is 21.6 Å². The zero-order valence-electron chi connectivity index (χ0n) is 10.8. The van der Waals surface area contributed by atoms with Gasteiger partial charge < -0.3 is 9.67 Å². The molecule has 6 nitrogen and oxygen atoms in total. The van der Waals surface area contributed by atoms with Crippen molar-refractivity contribution in [2.24, 2.45) is 0 Å². The van der Waals surface area contributed by atoms with E-state index in [0.717, 1.165) is 11.3 Å². The Labute approximate surface area is 109 Å². The zero-order chi connectivity index (χ0) is 14.0. The number of rotatable bonds is 4. The van der Waals surface area contributed by atoms with E-state index in [1.165, 1.54) is 12.3 Å². The van der Waals surface area contributed by atoms with Crippen LogP contribution in [0, 0.1) is 13.8 Å². The molecule has 0 radical (unpaired) electrons. The van der Waals surface area contributed by atoms with E-state index < -0.39 is 11.4 Å². The monoisotopic (exact) mass is 261 g/mol. The first kappa shape index (κ1) is 13.1. The number of carboxylic acid groups (broad SMARTS) is 1. The van der Waals surface area contributed by atoms with E-state index in [4.69, 9.17) is 5.11 Å². The molecular weight excluding hydrogens is 246 g/mol. The Morgan fingerprint density at radius 3 is 2.63 bits per heavy atom. The van der Waals surface area contributed by atoms with Crippen molar-refractivity contribution in [1.29, 1.82) is 0 Å². The van der Waals surface area contributed by atoms with E-state index in [-0.39, 0.29) is 5.56 Å². The van der Waals surface area contributed by atoms with Crippen molar-refractivity contribution in [2.75, 3.05) is 0 Å². The molecule has 2 aromatic heterocycles. The maximum atomic E-state index is 11.5. The molecule has 0 aliphatic rings. The SMILES string of the molecule is Cc1cnn(CCn2cc(C(=O)O)c(=O)cc2C)c1. The van der Waals surface area contributed by atoms with Crippen LogP contribution in [0.4, 0.5) is 0 Å². The molecule has 0 unspecified atom stereocenters. The predicted molar refractivity (Wildman–Crippen MR) is 69.4 cm³/mol. The van der Waals surface area contributed by atoms with Crippen LogP contribution in [0.3, 0.4) is 0 Å². The van der Waals surface area contributed by atoms with Gasteiger partial charge in [-0.25, -0.2) is 4.79 Å². The number of hydrogen-bond donors (Lipinski definition) is 1. The quantitative estimate of drug-likeness (QED) is 0.892. The molecule has 2 aromatic rings. The fourth-order valence-corrected chi connectivity index (χ4v) is 1.87. The summed E-state index contributed by atoms with van der Waals surface area (Å²) >= 11 is 0. The molecule has 2 heterocycles. The second kappa shape index (κ2) is 5.09. The van der Waals surface area contributed by atoms with E-state index >= 15 is 0 Å². The lowest BCUT2D eigenvalue weighted by molar-refractivity contribution is 0.0694. The summed E-state index contributed by atoms with van der Waals surface area (Å²) in [4.78, 5) is 22.4. The molecule has 2 rings (SSSR count). The molecule has 6 heteroatoms. The minimum Gasteiger partial charge on any atom is -0.477 e. The lowest BCUT2D eigenvalue weighted by Crippen LogP contribution is -2.20. The summed E-state index contributed by atoms with van der Waals surface area (Å²) in [6, 6.07) is 1.35. The summed E-state index contributed by atoms with van der Waals surface area (Å²) in [5.74, 6) is -1.20. The van der Waals surface area contributed by atoms with Crippen molar-refractivity contribution in [3.8, 4) is 0 Å². The maximum absolute atomic E-state index is 11.5. The Balaban J connectivity index is 2.22. The first-order chi connectivity index (χ1) is 8.97. The Bertz CT molecular complexity index is 670. The van der Waals surface area contributed by atoms with Gasteiger partial charge in [-0.05, 0) is 19.4 Å². The lowest BCUT2D eigenvalue weighted by atomic mass is 10.2. The summed E-state index contributed by atoms with van der Waals surface area (Å²) in [6.07, 6.45) is 5.06. The van der Waals surface area contributed by atoms with Gasteiger partial charge in [-0.15, -0.1) is 0 Å².